The van der Waals surface area contributed by atoms with Gasteiger partial charge in [0.1, 0.15) is 11.4 Å². The molecular formula is C26H20BrNO4. The Morgan fingerprint density at radius 1 is 1.06 bits per heavy atom. The minimum atomic E-state index is -0.549. The van der Waals surface area contributed by atoms with E-state index in [0.717, 1.165) is 33.3 Å². The van der Waals surface area contributed by atoms with Crippen molar-refractivity contribution >= 4 is 32.7 Å². The van der Waals surface area contributed by atoms with Gasteiger partial charge in [0.15, 0.2) is 0 Å². The van der Waals surface area contributed by atoms with Crippen LogP contribution in [0.15, 0.2) is 76.0 Å². The second-order valence-electron chi connectivity index (χ2n) is 7.70. The Balaban J connectivity index is 1.82. The Morgan fingerprint density at radius 3 is 2.66 bits per heavy atom. The molecule has 0 N–H and O–H groups in total. The van der Waals surface area contributed by atoms with E-state index in [4.69, 9.17) is 9.47 Å². The van der Waals surface area contributed by atoms with Crippen molar-refractivity contribution in [2.24, 2.45) is 0 Å². The monoisotopic (exact) mass is 489 g/mol. The molecule has 0 fully saturated rings. The van der Waals surface area contributed by atoms with E-state index in [2.05, 4.69) is 15.9 Å². The van der Waals surface area contributed by atoms with Gasteiger partial charge in [-0.1, -0.05) is 58.4 Å². The summed E-state index contributed by atoms with van der Waals surface area (Å²) < 4.78 is 13.1. The number of rotatable bonds is 4. The molecule has 1 aliphatic heterocycles. The Bertz CT molecular complexity index is 1410. The number of esters is 1. The van der Waals surface area contributed by atoms with Gasteiger partial charge in [0.05, 0.1) is 20.3 Å². The van der Waals surface area contributed by atoms with Crippen LogP contribution in [0.4, 0.5) is 0 Å². The average molecular weight is 490 g/mol. The highest BCUT2D eigenvalue weighted by Gasteiger charge is 2.24. The maximum Gasteiger partial charge on any atom is 0.355 e. The first-order valence-electron chi connectivity index (χ1n) is 10.3. The van der Waals surface area contributed by atoms with Crippen LogP contribution in [0.5, 0.6) is 5.75 Å². The van der Waals surface area contributed by atoms with Gasteiger partial charge in [-0.25, -0.2) is 4.79 Å². The van der Waals surface area contributed by atoms with Gasteiger partial charge in [-0.2, -0.15) is 0 Å². The minimum Gasteiger partial charge on any atom is -0.493 e. The molecule has 0 spiro atoms. The number of carbonyl (C=O) groups excluding carboxylic acids is 1. The van der Waals surface area contributed by atoms with Crippen LogP contribution in [0, 0.1) is 0 Å². The van der Waals surface area contributed by atoms with Gasteiger partial charge in [-0.15, -0.1) is 0 Å². The fourth-order valence-corrected chi connectivity index (χ4v) is 4.66. The van der Waals surface area contributed by atoms with E-state index in [1.807, 2.05) is 60.7 Å². The molecule has 0 amide bonds. The molecule has 0 bridgehead atoms. The second-order valence-corrected chi connectivity index (χ2v) is 8.62. The summed E-state index contributed by atoms with van der Waals surface area (Å²) in [5.41, 5.74) is 3.57. The summed E-state index contributed by atoms with van der Waals surface area (Å²) in [5.74, 6) is 0.329. The van der Waals surface area contributed by atoms with Crippen LogP contribution in [0.1, 0.15) is 21.6 Å². The predicted octanol–water partition coefficient (Wildman–Crippen LogP) is 5.20. The molecule has 5 nitrogen and oxygen atoms in total. The van der Waals surface area contributed by atoms with Gasteiger partial charge in [0.25, 0.3) is 5.56 Å². The Labute approximate surface area is 193 Å². The molecule has 1 aliphatic rings. The van der Waals surface area contributed by atoms with Crippen molar-refractivity contribution in [3.8, 4) is 16.9 Å². The molecule has 2 heterocycles. The molecule has 0 aliphatic carbocycles. The molecule has 0 saturated heterocycles. The predicted molar refractivity (Wildman–Crippen MR) is 127 cm³/mol. The van der Waals surface area contributed by atoms with Crippen LogP contribution in [-0.2, 0) is 17.7 Å². The first kappa shape index (κ1) is 20.5. The lowest BCUT2D eigenvalue weighted by Gasteiger charge is -2.19. The van der Waals surface area contributed by atoms with Crippen molar-refractivity contribution in [2.75, 3.05) is 13.7 Å². The fourth-order valence-electron chi connectivity index (χ4n) is 4.30. The van der Waals surface area contributed by atoms with Gasteiger partial charge in [0, 0.05) is 21.8 Å². The van der Waals surface area contributed by atoms with Crippen LogP contribution < -0.4 is 10.3 Å². The molecule has 0 unspecified atom stereocenters. The van der Waals surface area contributed by atoms with Crippen molar-refractivity contribution in [3.05, 3.63) is 98.4 Å². The molecule has 160 valence electrons. The first-order chi connectivity index (χ1) is 15.6. The lowest BCUT2D eigenvalue weighted by molar-refractivity contribution is 0.0588. The maximum atomic E-state index is 13.6. The lowest BCUT2D eigenvalue weighted by atomic mass is 9.96. The number of nitrogens with zero attached hydrogens (tertiary/aromatic N) is 1. The number of ether oxygens (including phenoxy) is 2. The van der Waals surface area contributed by atoms with Crippen LogP contribution in [0.2, 0.25) is 0 Å². The summed E-state index contributed by atoms with van der Waals surface area (Å²) in [4.78, 5) is 26.7. The molecule has 1 aromatic heterocycles. The number of hydrogen-bond acceptors (Lipinski definition) is 4. The van der Waals surface area contributed by atoms with Crippen LogP contribution in [0.3, 0.4) is 0 Å². The van der Waals surface area contributed by atoms with Crippen LogP contribution in [0.25, 0.3) is 21.9 Å². The summed E-state index contributed by atoms with van der Waals surface area (Å²) in [5, 5.41) is 1.25. The van der Waals surface area contributed by atoms with Crippen molar-refractivity contribution < 1.29 is 14.3 Å². The number of pyridine rings is 1. The molecule has 0 atom stereocenters. The SMILES string of the molecule is COC(=O)c1c(-c2ccccc2)c2cc(Br)ccc2c(=O)n1Cc1ccc2c(c1)CCO2. The molecule has 4 aromatic rings. The Kier molecular flexibility index (Phi) is 5.31. The fraction of sp³-hybridized carbons (Fsp3) is 0.154. The number of halogens is 1. The third-order valence-corrected chi connectivity index (χ3v) is 6.26. The third kappa shape index (κ3) is 3.50. The summed E-state index contributed by atoms with van der Waals surface area (Å²) >= 11 is 3.51. The largest absolute Gasteiger partial charge is 0.493 e. The number of aromatic nitrogens is 1. The van der Waals surface area contributed by atoms with E-state index < -0.39 is 5.97 Å². The molecule has 0 radical (unpaired) electrons. The average Bonchev–Trinajstić information content (AvgIpc) is 3.28. The summed E-state index contributed by atoms with van der Waals surface area (Å²) in [6.07, 6.45) is 0.836. The zero-order valence-corrected chi connectivity index (χ0v) is 19.0. The molecule has 6 heteroatoms. The normalized spacial score (nSPS) is 12.4. The molecule has 5 rings (SSSR count). The van der Waals surface area contributed by atoms with Gasteiger partial charge >= 0.3 is 5.97 Å². The first-order valence-corrected chi connectivity index (χ1v) is 11.1. The Hall–Kier alpha value is -3.38. The highest BCUT2D eigenvalue weighted by Crippen LogP contribution is 2.33. The maximum absolute atomic E-state index is 13.6. The minimum absolute atomic E-state index is 0.232. The van der Waals surface area contributed by atoms with Crippen LogP contribution >= 0.6 is 15.9 Å². The number of fused-ring (bicyclic) bond motifs is 2. The van der Waals surface area contributed by atoms with E-state index in [1.54, 1.807) is 6.07 Å². The van der Waals surface area contributed by atoms with Crippen molar-refractivity contribution in [1.82, 2.24) is 4.57 Å². The summed E-state index contributed by atoms with van der Waals surface area (Å²) in [6.45, 7) is 0.914. The molecule has 32 heavy (non-hydrogen) atoms. The Morgan fingerprint density at radius 2 is 1.88 bits per heavy atom. The number of carbonyl (C=O) groups is 1. The quantitative estimate of drug-likeness (QED) is 0.369. The van der Waals surface area contributed by atoms with Crippen LogP contribution in [-0.4, -0.2) is 24.3 Å². The van der Waals surface area contributed by atoms with Gasteiger partial charge in [0.2, 0.25) is 0 Å². The third-order valence-electron chi connectivity index (χ3n) is 5.77. The molecule has 0 saturated carbocycles. The van der Waals surface area contributed by atoms with E-state index >= 15 is 0 Å². The lowest BCUT2D eigenvalue weighted by Crippen LogP contribution is -2.28. The highest BCUT2D eigenvalue weighted by molar-refractivity contribution is 9.10. The van der Waals surface area contributed by atoms with E-state index in [0.29, 0.717) is 22.9 Å². The topological polar surface area (TPSA) is 57.5 Å². The summed E-state index contributed by atoms with van der Waals surface area (Å²) in [6, 6.07) is 21.0. The van der Waals surface area contributed by atoms with Gasteiger partial charge in [-0.05, 0) is 46.3 Å². The number of methoxy groups -OCH3 is 1. The highest BCUT2D eigenvalue weighted by atomic mass is 79.9. The van der Waals surface area contributed by atoms with Crippen molar-refractivity contribution in [3.63, 3.8) is 0 Å². The van der Waals surface area contributed by atoms with Crippen molar-refractivity contribution in [2.45, 2.75) is 13.0 Å². The zero-order chi connectivity index (χ0) is 22.2. The number of benzene rings is 3. The smallest absolute Gasteiger partial charge is 0.355 e. The standard InChI is InChI=1S/C26H20BrNO4/c1-31-26(30)24-23(17-5-3-2-4-6-17)21-14-19(27)8-9-20(21)25(29)28(24)15-16-7-10-22-18(13-16)11-12-32-22/h2-10,13-14H,11-12,15H2,1H3. The molecule has 3 aromatic carbocycles. The van der Waals surface area contributed by atoms with E-state index in [-0.39, 0.29) is 17.8 Å². The van der Waals surface area contributed by atoms with Gasteiger partial charge < -0.3 is 9.47 Å². The van der Waals surface area contributed by atoms with E-state index in [1.165, 1.54) is 11.7 Å². The van der Waals surface area contributed by atoms with E-state index in [9.17, 15) is 9.59 Å². The summed E-state index contributed by atoms with van der Waals surface area (Å²) in [7, 11) is 1.34. The van der Waals surface area contributed by atoms with Gasteiger partial charge in [-0.3, -0.25) is 9.36 Å². The number of hydrogen-bond donors (Lipinski definition) is 0. The van der Waals surface area contributed by atoms with Crippen molar-refractivity contribution in [1.29, 1.82) is 0 Å². The second kappa shape index (κ2) is 8.28. The molecular weight excluding hydrogens is 470 g/mol. The zero-order valence-electron chi connectivity index (χ0n) is 17.4.